The summed E-state index contributed by atoms with van der Waals surface area (Å²) >= 11 is 11.7. The van der Waals surface area contributed by atoms with Gasteiger partial charge in [0.05, 0.1) is 16.1 Å². The molecule has 0 aliphatic rings. The summed E-state index contributed by atoms with van der Waals surface area (Å²) in [5.74, 6) is -0.873. The van der Waals surface area contributed by atoms with Gasteiger partial charge in [0.2, 0.25) is 5.91 Å². The zero-order valence-corrected chi connectivity index (χ0v) is 11.9. The van der Waals surface area contributed by atoms with E-state index in [9.17, 15) is 18.0 Å². The van der Waals surface area contributed by atoms with E-state index in [1.807, 2.05) is 0 Å². The summed E-state index contributed by atoms with van der Waals surface area (Å²) in [4.78, 5) is 11.4. The van der Waals surface area contributed by atoms with Crippen LogP contribution in [0.3, 0.4) is 0 Å². The average Bonchev–Trinajstić information content (AvgIpc) is 2.38. The van der Waals surface area contributed by atoms with Crippen LogP contribution in [0.4, 0.5) is 13.2 Å². The molecule has 114 valence electrons. The summed E-state index contributed by atoms with van der Waals surface area (Å²) in [5.41, 5.74) is 0.246. The number of halogens is 5. The van der Waals surface area contributed by atoms with Crippen molar-refractivity contribution in [3.05, 3.63) is 33.8 Å². The Kier molecular flexibility index (Phi) is 6.27. The van der Waals surface area contributed by atoms with Gasteiger partial charge in [-0.2, -0.15) is 18.4 Å². The monoisotopic (exact) mass is 340 g/mol. The molecule has 9 heteroatoms. The Bertz CT molecular complexity index is 558. The third-order valence-electron chi connectivity index (χ3n) is 2.23. The van der Waals surface area contributed by atoms with Gasteiger partial charge in [-0.05, 0) is 6.07 Å². The van der Waals surface area contributed by atoms with Gasteiger partial charge < -0.3 is 10.1 Å². The van der Waals surface area contributed by atoms with Crippen LogP contribution in [0.2, 0.25) is 10.0 Å². The Morgan fingerprint density at radius 2 is 2.10 bits per heavy atom. The maximum Gasteiger partial charge on any atom is 0.411 e. The minimum absolute atomic E-state index is 0.0854. The minimum atomic E-state index is -4.52. The van der Waals surface area contributed by atoms with Crippen molar-refractivity contribution in [1.82, 2.24) is 5.32 Å². The number of rotatable bonds is 5. The highest BCUT2D eigenvalue weighted by molar-refractivity contribution is 6.42. The minimum Gasteiger partial charge on any atom is -0.362 e. The Hall–Kier alpha value is -1.49. The molecule has 0 fully saturated rings. The lowest BCUT2D eigenvalue weighted by Gasteiger charge is -2.14. The molecule has 1 atom stereocenters. The molecule has 0 aliphatic heterocycles. The van der Waals surface area contributed by atoms with Gasteiger partial charge in [-0.1, -0.05) is 35.3 Å². The van der Waals surface area contributed by atoms with Crippen LogP contribution in [-0.2, 0) is 9.53 Å². The number of amides is 1. The molecule has 0 heterocycles. The molecular formula is C12H9Cl2F3N2O2. The van der Waals surface area contributed by atoms with Gasteiger partial charge in [0.15, 0.2) is 0 Å². The first-order valence-corrected chi connectivity index (χ1v) is 6.27. The van der Waals surface area contributed by atoms with Crippen LogP contribution in [-0.4, -0.2) is 25.3 Å². The van der Waals surface area contributed by atoms with Crippen molar-refractivity contribution in [2.24, 2.45) is 0 Å². The average molecular weight is 341 g/mol. The molecule has 0 radical (unpaired) electrons. The summed E-state index contributed by atoms with van der Waals surface area (Å²) in [6.07, 6.45) is -4.52. The van der Waals surface area contributed by atoms with Gasteiger partial charge in [-0.3, -0.25) is 4.79 Å². The lowest BCUT2D eigenvalue weighted by atomic mass is 10.1. The number of hydrogen-bond donors (Lipinski definition) is 1. The molecule has 1 rings (SSSR count). The maximum atomic E-state index is 11.9. The van der Waals surface area contributed by atoms with E-state index in [2.05, 4.69) is 10.1 Å². The molecule has 0 saturated carbocycles. The molecule has 1 aromatic carbocycles. The van der Waals surface area contributed by atoms with E-state index in [1.54, 1.807) is 6.07 Å². The molecule has 1 N–H and O–H groups in total. The maximum absolute atomic E-state index is 11.9. The quantitative estimate of drug-likeness (QED) is 0.894. The molecule has 0 bridgehead atoms. The summed E-state index contributed by atoms with van der Waals surface area (Å²) in [7, 11) is 0. The summed E-state index contributed by atoms with van der Waals surface area (Å²) in [6.45, 7) is -2.37. The highest BCUT2D eigenvalue weighted by Crippen LogP contribution is 2.29. The predicted octanol–water partition coefficient (Wildman–Crippen LogP) is 3.25. The Labute approximate surface area is 128 Å². The Morgan fingerprint density at radius 3 is 2.67 bits per heavy atom. The number of hydrogen-bond acceptors (Lipinski definition) is 3. The van der Waals surface area contributed by atoms with E-state index in [-0.39, 0.29) is 15.6 Å². The zero-order chi connectivity index (χ0) is 16.0. The van der Waals surface area contributed by atoms with Crippen LogP contribution in [0.1, 0.15) is 11.6 Å². The second-order valence-electron chi connectivity index (χ2n) is 3.88. The van der Waals surface area contributed by atoms with E-state index in [0.29, 0.717) is 0 Å². The molecule has 4 nitrogen and oxygen atoms in total. The molecular weight excluding hydrogens is 332 g/mol. The topological polar surface area (TPSA) is 62.1 Å². The van der Waals surface area contributed by atoms with Crippen molar-refractivity contribution >= 4 is 29.1 Å². The fourth-order valence-electron chi connectivity index (χ4n) is 1.39. The normalized spacial score (nSPS) is 12.6. The van der Waals surface area contributed by atoms with Crippen LogP contribution in [0.25, 0.3) is 0 Å². The number of nitriles is 1. The van der Waals surface area contributed by atoms with Gasteiger partial charge in [0.1, 0.15) is 19.3 Å². The number of carbonyl (C=O) groups is 1. The summed E-state index contributed by atoms with van der Waals surface area (Å²) in [5, 5.41) is 11.5. The third-order valence-corrected chi connectivity index (χ3v) is 3.06. The van der Waals surface area contributed by atoms with Crippen LogP contribution in [0, 0.1) is 11.3 Å². The molecule has 1 aromatic rings. The number of nitrogens with one attached hydrogen (secondary N) is 1. The van der Waals surface area contributed by atoms with Gasteiger partial charge in [0, 0.05) is 5.56 Å². The molecule has 0 aliphatic carbocycles. The second kappa shape index (κ2) is 7.50. The third kappa shape index (κ3) is 5.79. The highest BCUT2D eigenvalue weighted by Gasteiger charge is 2.28. The Morgan fingerprint density at radius 1 is 1.43 bits per heavy atom. The largest absolute Gasteiger partial charge is 0.411 e. The van der Waals surface area contributed by atoms with E-state index in [1.165, 1.54) is 18.2 Å². The first kappa shape index (κ1) is 17.6. The number of carbonyl (C=O) groups excluding carboxylic acids is 1. The zero-order valence-electron chi connectivity index (χ0n) is 10.4. The smallest absolute Gasteiger partial charge is 0.362 e. The van der Waals surface area contributed by atoms with Crippen LogP contribution < -0.4 is 5.32 Å². The van der Waals surface area contributed by atoms with Crippen molar-refractivity contribution in [1.29, 1.82) is 5.26 Å². The number of alkyl halides is 3. The lowest BCUT2D eigenvalue weighted by Crippen LogP contribution is -2.32. The van der Waals surface area contributed by atoms with E-state index in [0.717, 1.165) is 0 Å². The first-order valence-electron chi connectivity index (χ1n) is 5.52. The fourth-order valence-corrected chi connectivity index (χ4v) is 1.80. The number of ether oxygens (including phenoxy) is 1. The van der Waals surface area contributed by atoms with Crippen LogP contribution in [0.5, 0.6) is 0 Å². The lowest BCUT2D eigenvalue weighted by molar-refractivity contribution is -0.175. The van der Waals surface area contributed by atoms with Gasteiger partial charge in [-0.15, -0.1) is 0 Å². The molecule has 0 spiro atoms. The van der Waals surface area contributed by atoms with E-state index >= 15 is 0 Å². The second-order valence-corrected chi connectivity index (χ2v) is 4.67. The van der Waals surface area contributed by atoms with E-state index in [4.69, 9.17) is 28.5 Å². The van der Waals surface area contributed by atoms with Crippen molar-refractivity contribution in [2.75, 3.05) is 13.2 Å². The fraction of sp³-hybridized carbons (Fsp3) is 0.333. The molecule has 0 aromatic heterocycles. The van der Waals surface area contributed by atoms with Crippen molar-refractivity contribution in [3.63, 3.8) is 0 Å². The summed E-state index contributed by atoms with van der Waals surface area (Å²) in [6, 6.07) is 5.13. The number of nitrogens with zero attached hydrogens (tertiary/aromatic N) is 1. The van der Waals surface area contributed by atoms with E-state index < -0.39 is 31.3 Å². The van der Waals surface area contributed by atoms with Crippen molar-refractivity contribution < 1.29 is 22.7 Å². The summed E-state index contributed by atoms with van der Waals surface area (Å²) < 4.78 is 39.8. The van der Waals surface area contributed by atoms with Gasteiger partial charge in [-0.25, -0.2) is 0 Å². The van der Waals surface area contributed by atoms with Crippen molar-refractivity contribution in [2.45, 2.75) is 12.2 Å². The number of benzene rings is 1. The van der Waals surface area contributed by atoms with Gasteiger partial charge >= 0.3 is 6.18 Å². The van der Waals surface area contributed by atoms with Crippen LogP contribution in [0.15, 0.2) is 18.2 Å². The molecule has 1 amide bonds. The van der Waals surface area contributed by atoms with Crippen molar-refractivity contribution in [3.8, 4) is 6.07 Å². The van der Waals surface area contributed by atoms with Gasteiger partial charge in [0.25, 0.3) is 0 Å². The van der Waals surface area contributed by atoms with Crippen LogP contribution >= 0.6 is 23.2 Å². The standard InChI is InChI=1S/C12H9Cl2F3N2O2/c13-8-3-1-2-7(11(8)14)9(4-18)19-10(20)5-21-6-12(15,16)17/h1-3,9H,5-6H2,(H,19,20). The Balaban J connectivity index is 2.65. The molecule has 21 heavy (non-hydrogen) atoms. The first-order chi connectivity index (χ1) is 9.74. The highest BCUT2D eigenvalue weighted by atomic mass is 35.5. The SMILES string of the molecule is N#CC(NC(=O)COCC(F)(F)F)c1cccc(Cl)c1Cl. The molecule has 0 saturated heterocycles. The predicted molar refractivity (Wildman–Crippen MR) is 69.8 cm³/mol. The molecule has 1 unspecified atom stereocenters.